The molecule has 0 amide bonds. The number of hydrogen-bond donors (Lipinski definition) is 0. The van der Waals surface area contributed by atoms with Crippen molar-refractivity contribution in [2.75, 3.05) is 0 Å². The van der Waals surface area contributed by atoms with Gasteiger partial charge in [-0.05, 0) is 102 Å². The standard InChI is InChI=1S/C43H30N2/c1-43(2)38-19-8-7-15-31(38)35-23-36-37(24-39(35)43)42(32-18-9-12-27-11-3-4-14-30(27)32)34-17-6-5-16-33(34)41(36)29-20-21-40(45-26-29)28-13-10-22-44-25-28/h3-26H,1-2H3. The number of pyridine rings is 2. The Morgan fingerprint density at radius 3 is 1.98 bits per heavy atom. The first-order valence-corrected chi connectivity index (χ1v) is 15.6. The topological polar surface area (TPSA) is 25.8 Å². The summed E-state index contributed by atoms with van der Waals surface area (Å²) in [7, 11) is 0. The summed E-state index contributed by atoms with van der Waals surface area (Å²) in [5, 5.41) is 7.52. The quantitative estimate of drug-likeness (QED) is 0.196. The molecule has 2 aromatic heterocycles. The number of aromatic nitrogens is 2. The van der Waals surface area contributed by atoms with Crippen molar-refractivity contribution in [1.29, 1.82) is 0 Å². The van der Waals surface area contributed by atoms with E-state index in [2.05, 4.69) is 140 Å². The molecule has 0 spiro atoms. The molecule has 0 bridgehead atoms. The third-order valence-electron chi connectivity index (χ3n) is 9.79. The van der Waals surface area contributed by atoms with Crippen molar-refractivity contribution < 1.29 is 0 Å². The first kappa shape index (κ1) is 25.9. The van der Waals surface area contributed by atoms with E-state index in [1.807, 2.05) is 18.5 Å². The van der Waals surface area contributed by atoms with Crippen LogP contribution in [0, 0.1) is 0 Å². The van der Waals surface area contributed by atoms with Gasteiger partial charge in [0, 0.05) is 35.1 Å². The maximum absolute atomic E-state index is 4.95. The molecule has 0 fully saturated rings. The Bertz CT molecular complexity index is 2430. The maximum atomic E-state index is 4.95. The van der Waals surface area contributed by atoms with Crippen molar-refractivity contribution in [3.8, 4) is 44.6 Å². The minimum atomic E-state index is -0.102. The highest BCUT2D eigenvalue weighted by atomic mass is 14.7. The van der Waals surface area contributed by atoms with Crippen LogP contribution in [-0.2, 0) is 5.41 Å². The van der Waals surface area contributed by atoms with Crippen LogP contribution in [-0.4, -0.2) is 9.97 Å². The van der Waals surface area contributed by atoms with Crippen molar-refractivity contribution in [2.45, 2.75) is 19.3 Å². The van der Waals surface area contributed by atoms with Gasteiger partial charge in [0.2, 0.25) is 0 Å². The third-order valence-corrected chi connectivity index (χ3v) is 9.79. The molecular formula is C43H30N2. The minimum Gasteiger partial charge on any atom is -0.264 e. The van der Waals surface area contributed by atoms with Gasteiger partial charge in [0.05, 0.1) is 5.69 Å². The minimum absolute atomic E-state index is 0.102. The molecule has 0 N–H and O–H groups in total. The molecule has 45 heavy (non-hydrogen) atoms. The highest BCUT2D eigenvalue weighted by Crippen LogP contribution is 2.53. The lowest BCUT2D eigenvalue weighted by Crippen LogP contribution is -2.14. The summed E-state index contributed by atoms with van der Waals surface area (Å²) < 4.78 is 0. The molecule has 212 valence electrons. The SMILES string of the molecule is CC1(C)c2ccccc2-c2cc3c(-c4ccc(-c5cccnc5)nc4)c4ccccc4c(-c4cccc5ccccc45)c3cc21. The summed E-state index contributed by atoms with van der Waals surface area (Å²) in [5.74, 6) is 0. The third kappa shape index (κ3) is 3.82. The zero-order valence-corrected chi connectivity index (χ0v) is 25.3. The van der Waals surface area contributed by atoms with Gasteiger partial charge in [-0.2, -0.15) is 0 Å². The smallest absolute Gasteiger partial charge is 0.0717 e. The van der Waals surface area contributed by atoms with Crippen LogP contribution in [0.4, 0.5) is 0 Å². The van der Waals surface area contributed by atoms with Gasteiger partial charge >= 0.3 is 0 Å². The van der Waals surface area contributed by atoms with E-state index in [0.29, 0.717) is 0 Å². The predicted octanol–water partition coefficient (Wildman–Crippen LogP) is 11.2. The van der Waals surface area contributed by atoms with Crippen molar-refractivity contribution in [2.24, 2.45) is 0 Å². The van der Waals surface area contributed by atoms with E-state index >= 15 is 0 Å². The van der Waals surface area contributed by atoms with Gasteiger partial charge in [0.1, 0.15) is 0 Å². The van der Waals surface area contributed by atoms with Crippen LogP contribution in [0.3, 0.4) is 0 Å². The highest BCUT2D eigenvalue weighted by molar-refractivity contribution is 6.24. The Morgan fingerprint density at radius 1 is 0.467 bits per heavy atom. The average molecular weight is 575 g/mol. The first-order chi connectivity index (χ1) is 22.1. The first-order valence-electron chi connectivity index (χ1n) is 15.6. The maximum Gasteiger partial charge on any atom is 0.0717 e. The van der Waals surface area contributed by atoms with Crippen molar-refractivity contribution >= 4 is 32.3 Å². The Hall–Kier alpha value is -5.60. The fourth-order valence-electron chi connectivity index (χ4n) is 7.64. The average Bonchev–Trinajstić information content (AvgIpc) is 3.32. The Morgan fingerprint density at radius 2 is 1.18 bits per heavy atom. The molecule has 8 aromatic rings. The number of hydrogen-bond acceptors (Lipinski definition) is 2. The van der Waals surface area contributed by atoms with E-state index in [-0.39, 0.29) is 5.41 Å². The normalized spacial score (nSPS) is 13.3. The van der Waals surface area contributed by atoms with E-state index in [0.717, 1.165) is 16.8 Å². The van der Waals surface area contributed by atoms with Gasteiger partial charge < -0.3 is 0 Å². The lowest BCUT2D eigenvalue weighted by Gasteiger charge is -2.24. The predicted molar refractivity (Wildman–Crippen MR) is 188 cm³/mol. The second-order valence-corrected chi connectivity index (χ2v) is 12.6. The second kappa shape index (κ2) is 9.70. The van der Waals surface area contributed by atoms with E-state index in [1.165, 1.54) is 71.3 Å². The van der Waals surface area contributed by atoms with Gasteiger partial charge in [0.15, 0.2) is 0 Å². The van der Waals surface area contributed by atoms with Crippen LogP contribution >= 0.6 is 0 Å². The van der Waals surface area contributed by atoms with Gasteiger partial charge in [0.25, 0.3) is 0 Å². The molecule has 1 aliphatic carbocycles. The molecular weight excluding hydrogens is 544 g/mol. The van der Waals surface area contributed by atoms with Crippen LogP contribution < -0.4 is 0 Å². The Kier molecular flexibility index (Phi) is 5.58. The monoisotopic (exact) mass is 574 g/mol. The van der Waals surface area contributed by atoms with Crippen molar-refractivity contribution in [3.63, 3.8) is 0 Å². The number of benzene rings is 6. The summed E-state index contributed by atoms with van der Waals surface area (Å²) in [6.07, 6.45) is 5.70. The molecule has 0 unspecified atom stereocenters. The summed E-state index contributed by atoms with van der Waals surface area (Å²) in [5.41, 5.74) is 12.1. The van der Waals surface area contributed by atoms with Crippen LogP contribution in [0.15, 0.2) is 146 Å². The zero-order chi connectivity index (χ0) is 30.1. The fraction of sp³-hybridized carbons (Fsp3) is 0.0698. The Labute approximate surface area is 262 Å². The van der Waals surface area contributed by atoms with E-state index in [9.17, 15) is 0 Å². The molecule has 0 atom stereocenters. The van der Waals surface area contributed by atoms with E-state index in [1.54, 1.807) is 6.20 Å². The Balaban J connectivity index is 1.43. The summed E-state index contributed by atoms with van der Waals surface area (Å²) >= 11 is 0. The van der Waals surface area contributed by atoms with Crippen LogP contribution in [0.2, 0.25) is 0 Å². The number of nitrogens with zero attached hydrogens (tertiary/aromatic N) is 2. The molecule has 2 heteroatoms. The molecule has 0 saturated heterocycles. The summed E-state index contributed by atoms with van der Waals surface area (Å²) in [6, 6.07) is 46.6. The highest BCUT2D eigenvalue weighted by Gasteiger charge is 2.36. The molecule has 1 aliphatic rings. The number of rotatable bonds is 3. The molecule has 2 heterocycles. The molecule has 9 rings (SSSR count). The molecule has 2 nitrogen and oxygen atoms in total. The van der Waals surface area contributed by atoms with Crippen LogP contribution in [0.25, 0.3) is 77.0 Å². The lowest BCUT2D eigenvalue weighted by atomic mass is 9.79. The van der Waals surface area contributed by atoms with Crippen molar-refractivity contribution in [3.05, 3.63) is 157 Å². The van der Waals surface area contributed by atoms with Crippen LogP contribution in [0.5, 0.6) is 0 Å². The molecule has 0 saturated carbocycles. The fourth-order valence-corrected chi connectivity index (χ4v) is 7.64. The van der Waals surface area contributed by atoms with Crippen molar-refractivity contribution in [1.82, 2.24) is 9.97 Å². The van der Waals surface area contributed by atoms with E-state index < -0.39 is 0 Å². The number of fused-ring (bicyclic) bond motifs is 6. The van der Waals surface area contributed by atoms with Crippen LogP contribution in [0.1, 0.15) is 25.0 Å². The summed E-state index contributed by atoms with van der Waals surface area (Å²) in [6.45, 7) is 4.73. The second-order valence-electron chi connectivity index (χ2n) is 12.6. The zero-order valence-electron chi connectivity index (χ0n) is 25.3. The summed E-state index contributed by atoms with van der Waals surface area (Å²) in [4.78, 5) is 9.26. The molecule has 6 aromatic carbocycles. The molecule has 0 radical (unpaired) electrons. The van der Waals surface area contributed by atoms with E-state index in [4.69, 9.17) is 4.98 Å². The van der Waals surface area contributed by atoms with Gasteiger partial charge in [-0.15, -0.1) is 0 Å². The largest absolute Gasteiger partial charge is 0.264 e. The lowest BCUT2D eigenvalue weighted by molar-refractivity contribution is 0.661. The molecule has 0 aliphatic heterocycles. The van der Waals surface area contributed by atoms with Gasteiger partial charge in [-0.3, -0.25) is 9.97 Å². The van der Waals surface area contributed by atoms with Gasteiger partial charge in [-0.25, -0.2) is 0 Å². The van der Waals surface area contributed by atoms with Gasteiger partial charge in [-0.1, -0.05) is 111 Å².